The second-order valence-electron chi connectivity index (χ2n) is 3.82. The summed E-state index contributed by atoms with van der Waals surface area (Å²) >= 11 is 5.74. The van der Waals surface area contributed by atoms with Gasteiger partial charge in [0.1, 0.15) is 5.75 Å². The first-order valence-electron chi connectivity index (χ1n) is 5.84. The Morgan fingerprint density at radius 3 is 2.85 bits per heavy atom. The number of pyridine rings is 1. The van der Waals surface area contributed by atoms with Crippen LogP contribution < -0.4 is 10.2 Å². The lowest BCUT2D eigenvalue weighted by molar-refractivity contribution is -0.123. The van der Waals surface area contributed by atoms with Gasteiger partial charge in [-0.05, 0) is 30.3 Å². The minimum absolute atomic E-state index is 0.119. The van der Waals surface area contributed by atoms with E-state index in [1.165, 1.54) is 6.21 Å². The number of hydrogen-bond donors (Lipinski definition) is 1. The van der Waals surface area contributed by atoms with Gasteiger partial charge in [-0.15, -0.1) is 0 Å². The van der Waals surface area contributed by atoms with Gasteiger partial charge in [0.05, 0.1) is 6.21 Å². The molecule has 1 N–H and O–H groups in total. The predicted molar refractivity (Wildman–Crippen MR) is 76.9 cm³/mol. The summed E-state index contributed by atoms with van der Waals surface area (Å²) in [5.74, 6) is 0.223. The molecule has 0 spiro atoms. The highest BCUT2D eigenvalue weighted by Crippen LogP contribution is 2.15. The standard InChI is InChI=1S/C14H12ClN3O2/c15-12-3-5-13(6-4-12)20-10-14(19)18-17-9-11-2-1-7-16-8-11/h1-9H,10H2,(H,18,19). The van der Waals surface area contributed by atoms with Gasteiger partial charge < -0.3 is 4.74 Å². The second kappa shape index (κ2) is 7.25. The number of amides is 1. The molecule has 2 rings (SSSR count). The van der Waals surface area contributed by atoms with Crippen molar-refractivity contribution in [2.75, 3.05) is 6.61 Å². The van der Waals surface area contributed by atoms with Crippen LogP contribution in [-0.2, 0) is 4.79 Å². The van der Waals surface area contributed by atoms with E-state index in [4.69, 9.17) is 16.3 Å². The van der Waals surface area contributed by atoms with Gasteiger partial charge in [-0.3, -0.25) is 9.78 Å². The molecule has 0 saturated heterocycles. The fourth-order valence-electron chi connectivity index (χ4n) is 1.34. The number of aromatic nitrogens is 1. The molecule has 0 aliphatic heterocycles. The van der Waals surface area contributed by atoms with E-state index in [9.17, 15) is 4.79 Å². The Hall–Kier alpha value is -2.40. The SMILES string of the molecule is O=C(COc1ccc(Cl)cc1)NN=Cc1cccnc1. The molecular weight excluding hydrogens is 278 g/mol. The molecule has 0 radical (unpaired) electrons. The van der Waals surface area contributed by atoms with Gasteiger partial charge in [-0.1, -0.05) is 17.7 Å². The molecule has 1 amide bonds. The zero-order valence-corrected chi connectivity index (χ0v) is 11.2. The minimum atomic E-state index is -0.347. The van der Waals surface area contributed by atoms with Crippen LogP contribution in [0.3, 0.4) is 0 Å². The van der Waals surface area contributed by atoms with Crippen molar-refractivity contribution in [3.63, 3.8) is 0 Å². The van der Waals surface area contributed by atoms with Crippen molar-refractivity contribution in [1.29, 1.82) is 0 Å². The number of hydrogen-bond acceptors (Lipinski definition) is 4. The number of nitrogens with zero attached hydrogens (tertiary/aromatic N) is 2. The summed E-state index contributed by atoms with van der Waals surface area (Å²) in [6, 6.07) is 10.4. The lowest BCUT2D eigenvalue weighted by Gasteiger charge is -2.04. The summed E-state index contributed by atoms with van der Waals surface area (Å²) in [6.45, 7) is -0.119. The fourth-order valence-corrected chi connectivity index (χ4v) is 1.47. The average molecular weight is 290 g/mol. The zero-order valence-electron chi connectivity index (χ0n) is 10.5. The first kappa shape index (κ1) is 14.0. The molecule has 0 unspecified atom stereocenters. The lowest BCUT2D eigenvalue weighted by Crippen LogP contribution is -2.24. The molecule has 1 aromatic carbocycles. The van der Waals surface area contributed by atoms with Crippen LogP contribution in [-0.4, -0.2) is 23.7 Å². The van der Waals surface area contributed by atoms with Crippen molar-refractivity contribution in [2.45, 2.75) is 0 Å². The topological polar surface area (TPSA) is 63.6 Å². The van der Waals surface area contributed by atoms with E-state index in [2.05, 4.69) is 15.5 Å². The summed E-state index contributed by atoms with van der Waals surface area (Å²) in [7, 11) is 0. The third kappa shape index (κ3) is 4.70. The highest BCUT2D eigenvalue weighted by atomic mass is 35.5. The van der Waals surface area contributed by atoms with E-state index < -0.39 is 0 Å². The molecule has 0 atom stereocenters. The van der Waals surface area contributed by atoms with Crippen molar-refractivity contribution in [3.8, 4) is 5.75 Å². The molecule has 0 fully saturated rings. The number of benzene rings is 1. The monoisotopic (exact) mass is 289 g/mol. The number of rotatable bonds is 5. The number of hydrazone groups is 1. The van der Waals surface area contributed by atoms with Crippen LogP contribution in [0.4, 0.5) is 0 Å². The van der Waals surface area contributed by atoms with E-state index >= 15 is 0 Å². The van der Waals surface area contributed by atoms with Crippen LogP contribution in [0, 0.1) is 0 Å². The van der Waals surface area contributed by atoms with Crippen LogP contribution in [0.25, 0.3) is 0 Å². The lowest BCUT2D eigenvalue weighted by atomic mass is 10.3. The number of ether oxygens (including phenoxy) is 1. The quantitative estimate of drug-likeness (QED) is 0.678. The summed E-state index contributed by atoms with van der Waals surface area (Å²) in [4.78, 5) is 15.4. The first-order valence-corrected chi connectivity index (χ1v) is 6.22. The Balaban J connectivity index is 1.76. The molecule has 0 bridgehead atoms. The number of halogens is 1. The van der Waals surface area contributed by atoms with E-state index in [1.54, 1.807) is 42.7 Å². The fraction of sp³-hybridized carbons (Fsp3) is 0.0714. The molecule has 102 valence electrons. The first-order chi connectivity index (χ1) is 9.74. The van der Waals surface area contributed by atoms with Crippen LogP contribution in [0.1, 0.15) is 5.56 Å². The molecule has 1 heterocycles. The number of carbonyl (C=O) groups excluding carboxylic acids is 1. The molecule has 0 aliphatic carbocycles. The molecule has 20 heavy (non-hydrogen) atoms. The van der Waals surface area contributed by atoms with Crippen molar-refractivity contribution in [1.82, 2.24) is 10.4 Å². The molecule has 0 saturated carbocycles. The van der Waals surface area contributed by atoms with Crippen molar-refractivity contribution in [2.24, 2.45) is 5.10 Å². The molecular formula is C14H12ClN3O2. The largest absolute Gasteiger partial charge is 0.484 e. The van der Waals surface area contributed by atoms with E-state index in [1.807, 2.05) is 6.07 Å². The third-order valence-corrected chi connectivity index (χ3v) is 2.52. The highest BCUT2D eigenvalue weighted by Gasteiger charge is 2.01. The zero-order chi connectivity index (χ0) is 14.2. The smallest absolute Gasteiger partial charge is 0.277 e. The maximum absolute atomic E-state index is 11.5. The normalized spacial score (nSPS) is 10.4. The van der Waals surface area contributed by atoms with Crippen molar-refractivity contribution >= 4 is 23.7 Å². The molecule has 0 aliphatic rings. The van der Waals surface area contributed by atoms with Gasteiger partial charge in [0, 0.05) is 23.0 Å². The average Bonchev–Trinajstić information content (AvgIpc) is 2.48. The van der Waals surface area contributed by atoms with Crippen LogP contribution >= 0.6 is 11.6 Å². The van der Waals surface area contributed by atoms with Gasteiger partial charge in [0.2, 0.25) is 0 Å². The summed E-state index contributed by atoms with van der Waals surface area (Å²) < 4.78 is 5.27. The van der Waals surface area contributed by atoms with E-state index in [-0.39, 0.29) is 12.5 Å². The summed E-state index contributed by atoms with van der Waals surface area (Å²) in [5, 5.41) is 4.42. The summed E-state index contributed by atoms with van der Waals surface area (Å²) in [5.41, 5.74) is 3.16. The maximum atomic E-state index is 11.5. The van der Waals surface area contributed by atoms with Gasteiger partial charge in [-0.25, -0.2) is 5.43 Å². The third-order valence-electron chi connectivity index (χ3n) is 2.27. The molecule has 2 aromatic rings. The van der Waals surface area contributed by atoms with Crippen LogP contribution in [0.2, 0.25) is 5.02 Å². The van der Waals surface area contributed by atoms with Crippen molar-refractivity contribution < 1.29 is 9.53 Å². The molecule has 5 nitrogen and oxygen atoms in total. The maximum Gasteiger partial charge on any atom is 0.277 e. The highest BCUT2D eigenvalue weighted by molar-refractivity contribution is 6.30. The second-order valence-corrected chi connectivity index (χ2v) is 4.26. The van der Waals surface area contributed by atoms with Gasteiger partial charge >= 0.3 is 0 Å². The van der Waals surface area contributed by atoms with Gasteiger partial charge in [0.15, 0.2) is 6.61 Å². The number of nitrogens with one attached hydrogen (secondary N) is 1. The molecule has 1 aromatic heterocycles. The van der Waals surface area contributed by atoms with E-state index in [0.29, 0.717) is 10.8 Å². The van der Waals surface area contributed by atoms with E-state index in [0.717, 1.165) is 5.56 Å². The van der Waals surface area contributed by atoms with Crippen molar-refractivity contribution in [3.05, 3.63) is 59.4 Å². The molecule has 6 heteroatoms. The Bertz CT molecular complexity index is 585. The Labute approximate surface area is 121 Å². The summed E-state index contributed by atoms with van der Waals surface area (Å²) in [6.07, 6.45) is 4.81. The van der Waals surface area contributed by atoms with Crippen LogP contribution in [0.5, 0.6) is 5.75 Å². The Morgan fingerprint density at radius 1 is 1.35 bits per heavy atom. The Morgan fingerprint density at radius 2 is 2.15 bits per heavy atom. The number of carbonyl (C=O) groups is 1. The Kier molecular flexibility index (Phi) is 5.08. The van der Waals surface area contributed by atoms with Crippen LogP contribution in [0.15, 0.2) is 53.9 Å². The van der Waals surface area contributed by atoms with Gasteiger partial charge in [-0.2, -0.15) is 5.10 Å². The predicted octanol–water partition coefficient (Wildman–Crippen LogP) is 2.26. The van der Waals surface area contributed by atoms with Gasteiger partial charge in [0.25, 0.3) is 5.91 Å². The minimum Gasteiger partial charge on any atom is -0.484 e.